The molecule has 5 heteroatoms. The lowest BCUT2D eigenvalue weighted by molar-refractivity contribution is -0.137. The molecule has 0 aromatic heterocycles. The van der Waals surface area contributed by atoms with E-state index in [2.05, 4.69) is 31.3 Å². The molecule has 0 saturated carbocycles. The zero-order chi connectivity index (χ0) is 21.0. The third-order valence-corrected chi connectivity index (χ3v) is 5.05. The Morgan fingerprint density at radius 2 is 1.41 bits per heavy atom. The molecule has 0 spiro atoms. The molecule has 0 aliphatic rings. The van der Waals surface area contributed by atoms with E-state index in [0.717, 1.165) is 23.3 Å². The summed E-state index contributed by atoms with van der Waals surface area (Å²) in [5, 5.41) is 3.57. The third kappa shape index (κ3) is 4.98. The van der Waals surface area contributed by atoms with E-state index < -0.39 is 11.7 Å². The number of hydrogen-bond donors (Lipinski definition) is 1. The molecule has 152 valence electrons. The van der Waals surface area contributed by atoms with E-state index in [1.807, 2.05) is 36.4 Å². The van der Waals surface area contributed by atoms with Crippen LogP contribution in [0.4, 0.5) is 13.2 Å². The largest absolute Gasteiger partial charge is 0.496 e. The monoisotopic (exact) mass is 399 g/mol. The maximum atomic E-state index is 12.9. The lowest BCUT2D eigenvalue weighted by Crippen LogP contribution is -2.22. The fourth-order valence-electron chi connectivity index (χ4n) is 3.37. The van der Waals surface area contributed by atoms with Crippen molar-refractivity contribution in [3.63, 3.8) is 0 Å². The summed E-state index contributed by atoms with van der Waals surface area (Å²) in [6.07, 6.45) is -4.35. The van der Waals surface area contributed by atoms with Gasteiger partial charge in [-0.2, -0.15) is 13.2 Å². The number of ether oxygens (including phenoxy) is 1. The maximum Gasteiger partial charge on any atom is 0.416 e. The Hall–Kier alpha value is -2.79. The second kappa shape index (κ2) is 8.70. The summed E-state index contributed by atoms with van der Waals surface area (Å²) in [5.74, 6) is 0.622. The number of alkyl halides is 3. The van der Waals surface area contributed by atoms with Crippen molar-refractivity contribution >= 4 is 0 Å². The SMILES string of the molecule is COc1ccc([C@@H](C)NC(C)c2ccccc2)cc1-c1ccc(C(F)(F)F)cc1. The quantitative estimate of drug-likeness (QED) is 0.493. The molecule has 0 bridgehead atoms. The van der Waals surface area contributed by atoms with Gasteiger partial charge in [0.05, 0.1) is 12.7 Å². The van der Waals surface area contributed by atoms with Gasteiger partial charge in [-0.05, 0) is 54.8 Å². The fourth-order valence-corrected chi connectivity index (χ4v) is 3.37. The van der Waals surface area contributed by atoms with Gasteiger partial charge in [-0.15, -0.1) is 0 Å². The maximum absolute atomic E-state index is 12.9. The molecule has 29 heavy (non-hydrogen) atoms. The van der Waals surface area contributed by atoms with Gasteiger partial charge < -0.3 is 10.1 Å². The normalized spacial score (nSPS) is 13.7. The molecule has 3 rings (SSSR count). The third-order valence-electron chi connectivity index (χ3n) is 5.05. The van der Waals surface area contributed by atoms with Crippen molar-refractivity contribution < 1.29 is 17.9 Å². The van der Waals surface area contributed by atoms with Gasteiger partial charge >= 0.3 is 6.18 Å². The number of halogens is 3. The van der Waals surface area contributed by atoms with Crippen LogP contribution < -0.4 is 10.1 Å². The van der Waals surface area contributed by atoms with Gasteiger partial charge in [-0.1, -0.05) is 48.5 Å². The molecule has 2 nitrogen and oxygen atoms in total. The van der Waals surface area contributed by atoms with Crippen LogP contribution in [0.5, 0.6) is 5.75 Å². The number of rotatable bonds is 6. The van der Waals surface area contributed by atoms with Crippen molar-refractivity contribution in [3.05, 3.63) is 89.5 Å². The van der Waals surface area contributed by atoms with Crippen LogP contribution in [0.2, 0.25) is 0 Å². The van der Waals surface area contributed by atoms with Crippen molar-refractivity contribution in [3.8, 4) is 16.9 Å². The second-order valence-electron chi connectivity index (χ2n) is 7.06. The van der Waals surface area contributed by atoms with E-state index in [4.69, 9.17) is 4.74 Å². The molecule has 0 heterocycles. The number of methoxy groups -OCH3 is 1. The molecular formula is C24H24F3NO. The van der Waals surface area contributed by atoms with Crippen LogP contribution in [0.1, 0.15) is 42.6 Å². The molecule has 0 amide bonds. The van der Waals surface area contributed by atoms with Gasteiger partial charge in [-0.25, -0.2) is 0 Å². The van der Waals surface area contributed by atoms with Crippen molar-refractivity contribution in [2.45, 2.75) is 32.1 Å². The minimum absolute atomic E-state index is 0.0457. The minimum atomic E-state index is -4.35. The topological polar surface area (TPSA) is 21.3 Å². The van der Waals surface area contributed by atoms with Gasteiger partial charge in [0.1, 0.15) is 5.75 Å². The van der Waals surface area contributed by atoms with Gasteiger partial charge in [0, 0.05) is 17.6 Å². The highest BCUT2D eigenvalue weighted by Gasteiger charge is 2.30. The number of benzene rings is 3. The molecule has 0 aliphatic heterocycles. The Bertz CT molecular complexity index is 937. The van der Waals surface area contributed by atoms with Crippen molar-refractivity contribution in [1.82, 2.24) is 5.32 Å². The molecule has 0 fully saturated rings. The highest BCUT2D eigenvalue weighted by atomic mass is 19.4. The number of hydrogen-bond acceptors (Lipinski definition) is 2. The highest BCUT2D eigenvalue weighted by Crippen LogP contribution is 2.35. The summed E-state index contributed by atoms with van der Waals surface area (Å²) in [5.41, 5.74) is 3.00. The first-order chi connectivity index (χ1) is 13.8. The predicted octanol–water partition coefficient (Wildman–Crippen LogP) is 6.79. The second-order valence-corrected chi connectivity index (χ2v) is 7.06. The predicted molar refractivity (Wildman–Crippen MR) is 110 cm³/mol. The van der Waals surface area contributed by atoms with Crippen molar-refractivity contribution in [1.29, 1.82) is 0 Å². The fraction of sp³-hybridized carbons (Fsp3) is 0.250. The summed E-state index contributed by atoms with van der Waals surface area (Å²) in [6, 6.07) is 21.3. The summed E-state index contributed by atoms with van der Waals surface area (Å²) in [7, 11) is 1.56. The van der Waals surface area contributed by atoms with E-state index in [1.54, 1.807) is 7.11 Å². The standard InChI is InChI=1S/C24H24F3NO/c1-16(18-7-5-4-6-8-18)28-17(2)20-11-14-23(29-3)22(15-20)19-9-12-21(13-10-19)24(25,26)27/h4-17,28H,1-3H3/t16?,17-/m1/s1. The summed E-state index contributed by atoms with van der Waals surface area (Å²) < 4.78 is 44.0. The average Bonchev–Trinajstić information content (AvgIpc) is 2.73. The molecule has 0 saturated heterocycles. The number of nitrogens with one attached hydrogen (secondary N) is 1. The van der Waals surface area contributed by atoms with Crippen LogP contribution in [-0.4, -0.2) is 7.11 Å². The van der Waals surface area contributed by atoms with Crippen LogP contribution in [0.15, 0.2) is 72.8 Å². The van der Waals surface area contributed by atoms with Gasteiger partial charge in [0.25, 0.3) is 0 Å². The molecule has 0 radical (unpaired) electrons. The van der Waals surface area contributed by atoms with Crippen LogP contribution in [0.3, 0.4) is 0 Å². The first-order valence-electron chi connectivity index (χ1n) is 9.46. The van der Waals surface area contributed by atoms with Crippen LogP contribution in [-0.2, 0) is 6.18 Å². The minimum Gasteiger partial charge on any atom is -0.496 e. The van der Waals surface area contributed by atoms with Crippen LogP contribution >= 0.6 is 0 Å². The molecule has 1 unspecified atom stereocenters. The van der Waals surface area contributed by atoms with Crippen molar-refractivity contribution in [2.75, 3.05) is 7.11 Å². The Kier molecular flexibility index (Phi) is 6.28. The van der Waals surface area contributed by atoms with Crippen molar-refractivity contribution in [2.24, 2.45) is 0 Å². The van der Waals surface area contributed by atoms with Crippen LogP contribution in [0, 0.1) is 0 Å². The Labute approximate surface area is 169 Å². The van der Waals surface area contributed by atoms with Gasteiger partial charge in [0.2, 0.25) is 0 Å². The first-order valence-corrected chi connectivity index (χ1v) is 9.46. The van der Waals surface area contributed by atoms with E-state index in [-0.39, 0.29) is 12.1 Å². The van der Waals surface area contributed by atoms with E-state index in [0.29, 0.717) is 11.3 Å². The lowest BCUT2D eigenvalue weighted by Gasteiger charge is -2.22. The zero-order valence-electron chi connectivity index (χ0n) is 16.6. The van der Waals surface area contributed by atoms with E-state index >= 15 is 0 Å². The highest BCUT2D eigenvalue weighted by molar-refractivity contribution is 5.71. The Morgan fingerprint density at radius 1 is 0.793 bits per heavy atom. The van der Waals surface area contributed by atoms with Gasteiger partial charge in [0.15, 0.2) is 0 Å². The molecule has 1 N–H and O–H groups in total. The summed E-state index contributed by atoms with van der Waals surface area (Å²) in [6.45, 7) is 4.17. The van der Waals surface area contributed by atoms with E-state index in [9.17, 15) is 13.2 Å². The molecule has 0 aliphatic carbocycles. The molecule has 3 aromatic carbocycles. The smallest absolute Gasteiger partial charge is 0.416 e. The van der Waals surface area contributed by atoms with Crippen LogP contribution in [0.25, 0.3) is 11.1 Å². The summed E-state index contributed by atoms with van der Waals surface area (Å²) in [4.78, 5) is 0. The first kappa shape index (κ1) is 20.9. The molecule has 2 atom stereocenters. The Morgan fingerprint density at radius 3 is 2.00 bits per heavy atom. The molecule has 3 aromatic rings. The Balaban J connectivity index is 1.86. The zero-order valence-corrected chi connectivity index (χ0v) is 16.6. The van der Waals surface area contributed by atoms with Gasteiger partial charge in [-0.3, -0.25) is 0 Å². The molecular weight excluding hydrogens is 375 g/mol. The summed E-state index contributed by atoms with van der Waals surface area (Å²) >= 11 is 0. The average molecular weight is 399 g/mol. The van der Waals surface area contributed by atoms with E-state index in [1.165, 1.54) is 17.7 Å². The lowest BCUT2D eigenvalue weighted by atomic mass is 9.97.